The first-order valence-corrected chi connectivity index (χ1v) is 11.0. The molecular formula is C24H29N3O5. The van der Waals surface area contributed by atoms with Crippen LogP contribution in [0.25, 0.3) is 0 Å². The van der Waals surface area contributed by atoms with E-state index in [0.29, 0.717) is 35.2 Å². The highest BCUT2D eigenvalue weighted by molar-refractivity contribution is 5.99. The molecule has 2 aromatic rings. The van der Waals surface area contributed by atoms with Crippen molar-refractivity contribution in [2.24, 2.45) is 0 Å². The average molecular weight is 440 g/mol. The number of likely N-dealkylation sites (tertiary alicyclic amines) is 1. The van der Waals surface area contributed by atoms with Gasteiger partial charge in [-0.25, -0.2) is 0 Å². The van der Waals surface area contributed by atoms with Gasteiger partial charge in [0.2, 0.25) is 0 Å². The molecule has 170 valence electrons. The number of piperidine rings is 1. The molecule has 1 N–H and O–H groups in total. The minimum absolute atomic E-state index is 0.0332. The standard InChI is InChI=1S/C24H29N3O5/c1-30-21-7-3-4-8-22(21)31-16-23(28)25-18-9-10-20-19(15-18)27(24(29)17-32-20)14-13-26-11-5-2-6-12-26/h3-4,7-10,15H,2,5-6,11-14,16-17H2,1H3,(H,25,28). The Morgan fingerprint density at radius 3 is 2.62 bits per heavy atom. The molecule has 0 aliphatic carbocycles. The van der Waals surface area contributed by atoms with Gasteiger partial charge in [0.1, 0.15) is 5.75 Å². The van der Waals surface area contributed by atoms with Crippen molar-refractivity contribution in [1.29, 1.82) is 0 Å². The normalized spacial score (nSPS) is 16.2. The summed E-state index contributed by atoms with van der Waals surface area (Å²) in [5, 5.41) is 2.83. The maximum absolute atomic E-state index is 12.5. The maximum atomic E-state index is 12.5. The van der Waals surface area contributed by atoms with E-state index in [4.69, 9.17) is 14.2 Å². The molecule has 8 heteroatoms. The second-order valence-corrected chi connectivity index (χ2v) is 7.91. The van der Waals surface area contributed by atoms with Crippen LogP contribution >= 0.6 is 0 Å². The van der Waals surface area contributed by atoms with E-state index >= 15 is 0 Å². The van der Waals surface area contributed by atoms with Crippen molar-refractivity contribution in [2.45, 2.75) is 19.3 Å². The summed E-state index contributed by atoms with van der Waals surface area (Å²) < 4.78 is 16.4. The lowest BCUT2D eigenvalue weighted by molar-refractivity contribution is -0.121. The van der Waals surface area contributed by atoms with Gasteiger partial charge in [0.05, 0.1) is 12.8 Å². The number of nitrogens with one attached hydrogen (secondary N) is 1. The number of para-hydroxylation sites is 2. The number of benzene rings is 2. The third-order valence-corrected chi connectivity index (χ3v) is 5.70. The topological polar surface area (TPSA) is 80.3 Å². The molecule has 0 bridgehead atoms. The van der Waals surface area contributed by atoms with Crippen molar-refractivity contribution in [3.05, 3.63) is 42.5 Å². The Kier molecular flexibility index (Phi) is 7.11. The number of anilines is 2. The summed E-state index contributed by atoms with van der Waals surface area (Å²) in [5.74, 6) is 1.33. The van der Waals surface area contributed by atoms with E-state index in [1.165, 1.54) is 19.3 Å². The van der Waals surface area contributed by atoms with Gasteiger partial charge in [-0.3, -0.25) is 9.59 Å². The number of amides is 2. The van der Waals surface area contributed by atoms with Crippen LogP contribution in [0.4, 0.5) is 11.4 Å². The highest BCUT2D eigenvalue weighted by Gasteiger charge is 2.26. The molecule has 0 saturated carbocycles. The van der Waals surface area contributed by atoms with Crippen molar-refractivity contribution in [1.82, 2.24) is 4.90 Å². The molecule has 2 aliphatic heterocycles. The van der Waals surface area contributed by atoms with Crippen molar-refractivity contribution < 1.29 is 23.8 Å². The Labute approximate surface area is 188 Å². The third-order valence-electron chi connectivity index (χ3n) is 5.70. The van der Waals surface area contributed by atoms with Crippen LogP contribution in [0.1, 0.15) is 19.3 Å². The van der Waals surface area contributed by atoms with Gasteiger partial charge in [0.25, 0.3) is 11.8 Å². The lowest BCUT2D eigenvalue weighted by atomic mass is 10.1. The molecule has 4 rings (SSSR count). The highest BCUT2D eigenvalue weighted by atomic mass is 16.5. The minimum atomic E-state index is -0.307. The molecule has 2 heterocycles. The van der Waals surface area contributed by atoms with Crippen molar-refractivity contribution >= 4 is 23.2 Å². The number of carbonyl (C=O) groups excluding carboxylic acids is 2. The molecule has 2 aromatic carbocycles. The highest BCUT2D eigenvalue weighted by Crippen LogP contribution is 2.34. The van der Waals surface area contributed by atoms with Gasteiger partial charge in [0.15, 0.2) is 24.7 Å². The number of fused-ring (bicyclic) bond motifs is 1. The average Bonchev–Trinajstić information content (AvgIpc) is 2.83. The summed E-state index contributed by atoms with van der Waals surface area (Å²) in [4.78, 5) is 29.1. The fraction of sp³-hybridized carbons (Fsp3) is 0.417. The molecule has 8 nitrogen and oxygen atoms in total. The third kappa shape index (κ3) is 5.31. The monoisotopic (exact) mass is 439 g/mol. The van der Waals surface area contributed by atoms with E-state index in [1.54, 1.807) is 42.3 Å². The summed E-state index contributed by atoms with van der Waals surface area (Å²) >= 11 is 0. The van der Waals surface area contributed by atoms with E-state index < -0.39 is 0 Å². The van der Waals surface area contributed by atoms with Crippen LogP contribution in [0.5, 0.6) is 17.2 Å². The zero-order valence-corrected chi connectivity index (χ0v) is 18.3. The van der Waals surface area contributed by atoms with Gasteiger partial charge in [-0.1, -0.05) is 18.6 Å². The molecule has 0 unspecified atom stereocenters. The SMILES string of the molecule is COc1ccccc1OCC(=O)Nc1ccc2c(c1)N(CCN1CCCCC1)C(=O)CO2. The van der Waals surface area contributed by atoms with Crippen molar-refractivity contribution in [3.8, 4) is 17.2 Å². The molecule has 0 radical (unpaired) electrons. The number of methoxy groups -OCH3 is 1. The van der Waals surface area contributed by atoms with Crippen LogP contribution in [0, 0.1) is 0 Å². The molecule has 0 atom stereocenters. The van der Waals surface area contributed by atoms with Crippen LogP contribution in [0.15, 0.2) is 42.5 Å². The van der Waals surface area contributed by atoms with Gasteiger partial charge in [-0.2, -0.15) is 0 Å². The first-order valence-electron chi connectivity index (χ1n) is 11.0. The Morgan fingerprint density at radius 2 is 1.84 bits per heavy atom. The largest absolute Gasteiger partial charge is 0.493 e. The summed E-state index contributed by atoms with van der Waals surface area (Å²) in [6.07, 6.45) is 3.70. The lowest BCUT2D eigenvalue weighted by Gasteiger charge is -2.33. The van der Waals surface area contributed by atoms with E-state index in [2.05, 4.69) is 10.2 Å². The zero-order chi connectivity index (χ0) is 22.3. The molecule has 1 saturated heterocycles. The summed E-state index contributed by atoms with van der Waals surface area (Å²) in [6, 6.07) is 12.5. The van der Waals surface area contributed by atoms with Crippen molar-refractivity contribution in [3.63, 3.8) is 0 Å². The van der Waals surface area contributed by atoms with Crippen LogP contribution in [0.2, 0.25) is 0 Å². The number of carbonyl (C=O) groups is 2. The van der Waals surface area contributed by atoms with Crippen LogP contribution < -0.4 is 24.4 Å². The molecule has 32 heavy (non-hydrogen) atoms. The van der Waals surface area contributed by atoms with E-state index in [9.17, 15) is 9.59 Å². The maximum Gasteiger partial charge on any atom is 0.265 e. The van der Waals surface area contributed by atoms with Gasteiger partial charge < -0.3 is 29.3 Å². The summed E-state index contributed by atoms with van der Waals surface area (Å²) in [6.45, 7) is 3.45. The summed E-state index contributed by atoms with van der Waals surface area (Å²) in [5.41, 5.74) is 1.26. The van der Waals surface area contributed by atoms with Gasteiger partial charge in [-0.05, 0) is 56.3 Å². The Hall–Kier alpha value is -3.26. The number of ether oxygens (including phenoxy) is 3. The van der Waals surface area contributed by atoms with E-state index in [-0.39, 0.29) is 25.0 Å². The number of rotatable bonds is 8. The number of hydrogen-bond donors (Lipinski definition) is 1. The van der Waals surface area contributed by atoms with Crippen LogP contribution in [-0.2, 0) is 9.59 Å². The predicted octanol–water partition coefficient (Wildman–Crippen LogP) is 2.92. The van der Waals surface area contributed by atoms with Crippen LogP contribution in [-0.4, -0.2) is 63.2 Å². The molecule has 2 aliphatic rings. The lowest BCUT2D eigenvalue weighted by Crippen LogP contribution is -2.44. The Morgan fingerprint density at radius 1 is 1.06 bits per heavy atom. The fourth-order valence-electron chi connectivity index (χ4n) is 4.03. The smallest absolute Gasteiger partial charge is 0.265 e. The first kappa shape index (κ1) is 22.0. The quantitative estimate of drug-likeness (QED) is 0.681. The van der Waals surface area contributed by atoms with Gasteiger partial charge in [0, 0.05) is 18.8 Å². The Balaban J connectivity index is 1.39. The van der Waals surface area contributed by atoms with Crippen molar-refractivity contribution in [2.75, 3.05) is 56.7 Å². The summed E-state index contributed by atoms with van der Waals surface area (Å²) in [7, 11) is 1.55. The molecule has 0 spiro atoms. The second-order valence-electron chi connectivity index (χ2n) is 7.91. The zero-order valence-electron chi connectivity index (χ0n) is 18.3. The molecule has 0 aromatic heterocycles. The minimum Gasteiger partial charge on any atom is -0.493 e. The van der Waals surface area contributed by atoms with E-state index in [1.807, 2.05) is 12.1 Å². The van der Waals surface area contributed by atoms with Gasteiger partial charge in [-0.15, -0.1) is 0 Å². The molecule has 1 fully saturated rings. The van der Waals surface area contributed by atoms with Gasteiger partial charge >= 0.3 is 0 Å². The number of nitrogens with zero attached hydrogens (tertiary/aromatic N) is 2. The molecule has 2 amide bonds. The molecular weight excluding hydrogens is 410 g/mol. The predicted molar refractivity (Wildman–Crippen MR) is 122 cm³/mol. The second kappa shape index (κ2) is 10.4. The first-order chi connectivity index (χ1) is 15.6. The van der Waals surface area contributed by atoms with Crippen LogP contribution in [0.3, 0.4) is 0 Å². The fourth-order valence-corrected chi connectivity index (χ4v) is 4.03. The Bertz CT molecular complexity index is 958. The van der Waals surface area contributed by atoms with E-state index in [0.717, 1.165) is 19.6 Å². The number of hydrogen-bond acceptors (Lipinski definition) is 6.